The van der Waals surface area contributed by atoms with Crippen molar-refractivity contribution in [1.82, 2.24) is 0 Å². The van der Waals surface area contributed by atoms with Crippen LogP contribution in [-0.2, 0) is 11.2 Å². The normalized spacial score (nSPS) is 10.4. The zero-order chi connectivity index (χ0) is 15.2. The van der Waals surface area contributed by atoms with Crippen LogP contribution in [0.1, 0.15) is 18.9 Å². The van der Waals surface area contributed by atoms with Crippen molar-refractivity contribution < 1.29 is 9.18 Å². The maximum atomic E-state index is 13.2. The number of rotatable bonds is 5. The Bertz CT molecular complexity index is 610. The van der Waals surface area contributed by atoms with Crippen molar-refractivity contribution in [3.8, 4) is 0 Å². The molecular formula is C17H19FN2O. The highest BCUT2D eigenvalue weighted by atomic mass is 19.1. The van der Waals surface area contributed by atoms with Crippen molar-refractivity contribution >= 4 is 17.3 Å². The van der Waals surface area contributed by atoms with Gasteiger partial charge in [-0.15, -0.1) is 0 Å². The predicted molar refractivity (Wildman–Crippen MR) is 83.6 cm³/mol. The number of nitrogens with zero attached hydrogens (tertiary/aromatic N) is 1. The maximum Gasteiger partial charge on any atom is 0.231 e. The van der Waals surface area contributed by atoms with Crippen LogP contribution in [-0.4, -0.2) is 12.5 Å². The van der Waals surface area contributed by atoms with Crippen LogP contribution in [0.15, 0.2) is 48.5 Å². The zero-order valence-electron chi connectivity index (χ0n) is 12.1. The second-order valence-corrected chi connectivity index (χ2v) is 4.94. The Morgan fingerprint density at radius 1 is 1.19 bits per heavy atom. The fourth-order valence-electron chi connectivity index (χ4n) is 2.19. The number of carbonyl (C=O) groups excluding carboxylic acids is 1. The first-order valence-corrected chi connectivity index (χ1v) is 7.00. The number of carbonyl (C=O) groups is 1. The zero-order valence-corrected chi connectivity index (χ0v) is 12.1. The molecule has 110 valence electrons. The number of halogens is 1. The monoisotopic (exact) mass is 286 g/mol. The molecule has 0 bridgehead atoms. The van der Waals surface area contributed by atoms with E-state index in [1.165, 1.54) is 12.1 Å². The Morgan fingerprint density at radius 2 is 1.90 bits per heavy atom. The average Bonchev–Trinajstić information content (AvgIpc) is 2.46. The van der Waals surface area contributed by atoms with E-state index in [0.29, 0.717) is 17.8 Å². The SMILES string of the molecule is CCCN(C(=O)Cc1cccc(F)c1)c1ccc(N)cc1. The summed E-state index contributed by atoms with van der Waals surface area (Å²) in [5, 5.41) is 0. The van der Waals surface area contributed by atoms with Gasteiger partial charge in [-0.05, 0) is 48.4 Å². The lowest BCUT2D eigenvalue weighted by molar-refractivity contribution is -0.118. The minimum absolute atomic E-state index is 0.0489. The van der Waals surface area contributed by atoms with Gasteiger partial charge in [-0.25, -0.2) is 4.39 Å². The van der Waals surface area contributed by atoms with E-state index >= 15 is 0 Å². The highest BCUT2D eigenvalue weighted by Crippen LogP contribution is 2.18. The summed E-state index contributed by atoms with van der Waals surface area (Å²) in [5.41, 5.74) is 7.82. The van der Waals surface area contributed by atoms with Gasteiger partial charge in [-0.1, -0.05) is 19.1 Å². The van der Waals surface area contributed by atoms with Crippen molar-refractivity contribution in [2.45, 2.75) is 19.8 Å². The van der Waals surface area contributed by atoms with Crippen LogP contribution < -0.4 is 10.6 Å². The minimum atomic E-state index is -0.324. The number of nitrogens with two attached hydrogens (primary N) is 1. The molecule has 2 aromatic rings. The summed E-state index contributed by atoms with van der Waals surface area (Å²) in [5.74, 6) is -0.373. The van der Waals surface area contributed by atoms with E-state index < -0.39 is 0 Å². The second-order valence-electron chi connectivity index (χ2n) is 4.94. The van der Waals surface area contributed by atoms with Gasteiger partial charge in [0.25, 0.3) is 0 Å². The average molecular weight is 286 g/mol. The first-order valence-electron chi connectivity index (χ1n) is 7.00. The molecule has 0 saturated carbocycles. The van der Waals surface area contributed by atoms with Crippen LogP contribution in [0.2, 0.25) is 0 Å². The lowest BCUT2D eigenvalue weighted by atomic mass is 10.1. The summed E-state index contributed by atoms with van der Waals surface area (Å²) in [4.78, 5) is 14.2. The number of amides is 1. The number of hydrogen-bond acceptors (Lipinski definition) is 2. The number of nitrogen functional groups attached to an aromatic ring is 1. The van der Waals surface area contributed by atoms with E-state index in [0.717, 1.165) is 12.1 Å². The summed E-state index contributed by atoms with van der Waals surface area (Å²) in [6.07, 6.45) is 1.03. The van der Waals surface area contributed by atoms with Crippen LogP contribution >= 0.6 is 0 Å². The quantitative estimate of drug-likeness (QED) is 0.856. The van der Waals surface area contributed by atoms with E-state index in [9.17, 15) is 9.18 Å². The number of anilines is 2. The van der Waals surface area contributed by atoms with E-state index in [-0.39, 0.29) is 18.1 Å². The fourth-order valence-corrected chi connectivity index (χ4v) is 2.19. The molecule has 4 heteroatoms. The highest BCUT2D eigenvalue weighted by molar-refractivity contribution is 5.94. The Hall–Kier alpha value is -2.36. The van der Waals surface area contributed by atoms with E-state index in [4.69, 9.17) is 5.73 Å². The van der Waals surface area contributed by atoms with Crippen molar-refractivity contribution in [1.29, 1.82) is 0 Å². The molecule has 3 nitrogen and oxygen atoms in total. The molecule has 0 spiro atoms. The molecule has 0 saturated heterocycles. The largest absolute Gasteiger partial charge is 0.399 e. The highest BCUT2D eigenvalue weighted by Gasteiger charge is 2.15. The van der Waals surface area contributed by atoms with E-state index in [1.54, 1.807) is 29.2 Å². The van der Waals surface area contributed by atoms with Crippen molar-refractivity contribution in [2.24, 2.45) is 0 Å². The molecule has 0 aliphatic rings. The van der Waals surface area contributed by atoms with Gasteiger partial charge in [0.1, 0.15) is 5.82 Å². The third kappa shape index (κ3) is 4.05. The molecule has 0 aliphatic carbocycles. The van der Waals surface area contributed by atoms with Crippen molar-refractivity contribution in [3.05, 3.63) is 59.9 Å². The van der Waals surface area contributed by atoms with E-state index in [1.807, 2.05) is 19.1 Å². The third-order valence-corrected chi connectivity index (χ3v) is 3.20. The molecule has 0 aliphatic heterocycles. The Morgan fingerprint density at radius 3 is 2.52 bits per heavy atom. The predicted octanol–water partition coefficient (Wildman–Crippen LogP) is 3.39. The van der Waals surface area contributed by atoms with Gasteiger partial charge < -0.3 is 10.6 Å². The smallest absolute Gasteiger partial charge is 0.231 e. The van der Waals surface area contributed by atoms with Gasteiger partial charge in [-0.3, -0.25) is 4.79 Å². The molecule has 0 radical (unpaired) electrons. The molecular weight excluding hydrogens is 267 g/mol. The molecule has 2 rings (SSSR count). The number of benzene rings is 2. The van der Waals surface area contributed by atoms with Crippen molar-refractivity contribution in [3.63, 3.8) is 0 Å². The Kier molecular flexibility index (Phi) is 4.93. The first-order chi connectivity index (χ1) is 10.1. The Labute approximate surface area is 124 Å². The topological polar surface area (TPSA) is 46.3 Å². The molecule has 0 atom stereocenters. The van der Waals surface area contributed by atoms with Crippen LogP contribution in [0.25, 0.3) is 0 Å². The molecule has 1 amide bonds. The lowest BCUT2D eigenvalue weighted by Gasteiger charge is -2.22. The lowest BCUT2D eigenvalue weighted by Crippen LogP contribution is -2.33. The van der Waals surface area contributed by atoms with Gasteiger partial charge >= 0.3 is 0 Å². The summed E-state index contributed by atoms with van der Waals surface area (Å²) in [6.45, 7) is 2.64. The maximum absolute atomic E-state index is 13.2. The van der Waals surface area contributed by atoms with Crippen LogP contribution in [0, 0.1) is 5.82 Å². The van der Waals surface area contributed by atoms with Crippen LogP contribution in [0.3, 0.4) is 0 Å². The van der Waals surface area contributed by atoms with Gasteiger partial charge in [0.05, 0.1) is 6.42 Å². The molecule has 0 heterocycles. The number of hydrogen-bond donors (Lipinski definition) is 1. The van der Waals surface area contributed by atoms with Gasteiger partial charge in [0, 0.05) is 17.9 Å². The summed E-state index contributed by atoms with van der Waals surface area (Å²) in [6, 6.07) is 13.3. The second kappa shape index (κ2) is 6.88. The molecule has 2 N–H and O–H groups in total. The summed E-state index contributed by atoms with van der Waals surface area (Å²) >= 11 is 0. The molecule has 0 unspecified atom stereocenters. The Balaban J connectivity index is 2.17. The first kappa shape index (κ1) is 15.0. The molecule has 2 aromatic carbocycles. The van der Waals surface area contributed by atoms with Crippen LogP contribution in [0.5, 0.6) is 0 Å². The van der Waals surface area contributed by atoms with Gasteiger partial charge in [0.15, 0.2) is 0 Å². The standard InChI is InChI=1S/C17H19FN2O/c1-2-10-20(16-8-6-15(19)7-9-16)17(21)12-13-4-3-5-14(18)11-13/h3-9,11H,2,10,12,19H2,1H3. The van der Waals surface area contributed by atoms with Crippen molar-refractivity contribution in [2.75, 3.05) is 17.2 Å². The molecule has 0 fully saturated rings. The molecule has 21 heavy (non-hydrogen) atoms. The molecule has 0 aromatic heterocycles. The van der Waals surface area contributed by atoms with Crippen LogP contribution in [0.4, 0.5) is 15.8 Å². The fraction of sp³-hybridized carbons (Fsp3) is 0.235. The minimum Gasteiger partial charge on any atom is -0.399 e. The van der Waals surface area contributed by atoms with Gasteiger partial charge in [-0.2, -0.15) is 0 Å². The third-order valence-electron chi connectivity index (χ3n) is 3.20. The summed E-state index contributed by atoms with van der Waals surface area (Å²) < 4.78 is 13.2. The summed E-state index contributed by atoms with van der Waals surface area (Å²) in [7, 11) is 0. The van der Waals surface area contributed by atoms with Gasteiger partial charge in [0.2, 0.25) is 5.91 Å². The van der Waals surface area contributed by atoms with E-state index in [2.05, 4.69) is 0 Å².